The molecule has 2 bridgehead atoms. The third kappa shape index (κ3) is 2.47. The number of carbonyl (C=O) groups excluding carboxylic acids is 2. The maximum atomic E-state index is 13.5. The Kier molecular flexibility index (Phi) is 3.58. The second-order valence-electron chi connectivity index (χ2n) is 10.0. The Bertz CT molecular complexity index is 1100. The summed E-state index contributed by atoms with van der Waals surface area (Å²) in [6.45, 7) is 3.02. The van der Waals surface area contributed by atoms with E-state index in [9.17, 15) is 9.59 Å². The number of ether oxygens (including phenoxy) is 1. The van der Waals surface area contributed by atoms with Crippen LogP contribution in [-0.4, -0.2) is 57.1 Å². The second kappa shape index (κ2) is 6.19. The zero-order chi connectivity index (χ0) is 20.7. The fraction of sp³-hybridized carbons (Fsp3) is 0.542. The molecule has 2 aliphatic carbocycles. The van der Waals surface area contributed by atoms with Crippen LogP contribution in [0.1, 0.15) is 47.4 Å². The molecule has 3 aliphatic heterocycles. The number of nitrogens with zero attached hydrogens (tertiary/aromatic N) is 4. The van der Waals surface area contributed by atoms with Crippen molar-refractivity contribution in [2.45, 2.75) is 44.9 Å². The first-order valence-electron chi connectivity index (χ1n) is 11.5. The van der Waals surface area contributed by atoms with Crippen LogP contribution < -0.4 is 0 Å². The average Bonchev–Trinajstić information content (AvgIpc) is 3.43. The van der Waals surface area contributed by atoms with Crippen molar-refractivity contribution in [3.05, 3.63) is 47.3 Å². The van der Waals surface area contributed by atoms with Crippen molar-refractivity contribution < 1.29 is 14.3 Å². The molecule has 1 aromatic heterocycles. The molecule has 31 heavy (non-hydrogen) atoms. The molecule has 2 aromatic rings. The van der Waals surface area contributed by atoms with E-state index in [1.54, 1.807) is 0 Å². The number of fused-ring (bicyclic) bond motifs is 4. The molecule has 0 spiro atoms. The summed E-state index contributed by atoms with van der Waals surface area (Å²) in [4.78, 5) is 31.0. The zero-order valence-corrected chi connectivity index (χ0v) is 17.5. The highest BCUT2D eigenvalue weighted by molar-refractivity contribution is 5.96. The second-order valence-corrected chi connectivity index (χ2v) is 10.0. The van der Waals surface area contributed by atoms with E-state index in [0.717, 1.165) is 36.3 Å². The first-order chi connectivity index (χ1) is 15.1. The molecule has 7 heteroatoms. The van der Waals surface area contributed by atoms with Gasteiger partial charge < -0.3 is 14.5 Å². The van der Waals surface area contributed by atoms with Crippen LogP contribution in [0.15, 0.2) is 30.3 Å². The number of rotatable bonds is 3. The van der Waals surface area contributed by atoms with Crippen LogP contribution in [0.25, 0.3) is 5.69 Å². The van der Waals surface area contributed by atoms with Crippen molar-refractivity contribution in [1.29, 1.82) is 0 Å². The number of piperidine rings is 2. The molecule has 1 aromatic carbocycles. The van der Waals surface area contributed by atoms with E-state index in [1.807, 2.05) is 39.9 Å². The lowest BCUT2D eigenvalue weighted by atomic mass is 10.0. The monoisotopic (exact) mass is 418 g/mol. The highest BCUT2D eigenvalue weighted by Crippen LogP contribution is 2.60. The summed E-state index contributed by atoms with van der Waals surface area (Å²) in [5, 5.41) is 4.71. The number of para-hydroxylation sites is 1. The van der Waals surface area contributed by atoms with Crippen LogP contribution in [0.5, 0.6) is 0 Å². The van der Waals surface area contributed by atoms with Gasteiger partial charge in [0.2, 0.25) is 5.91 Å². The molecule has 7 rings (SSSR count). The molecule has 3 unspecified atom stereocenters. The third-order valence-electron chi connectivity index (χ3n) is 8.31. The van der Waals surface area contributed by atoms with Gasteiger partial charge in [0.1, 0.15) is 0 Å². The van der Waals surface area contributed by atoms with Crippen molar-refractivity contribution in [3.8, 4) is 5.69 Å². The lowest BCUT2D eigenvalue weighted by Gasteiger charge is -2.31. The minimum Gasteiger partial charge on any atom is -0.370 e. The van der Waals surface area contributed by atoms with Crippen molar-refractivity contribution >= 4 is 11.8 Å². The molecule has 4 heterocycles. The molecule has 2 saturated carbocycles. The summed E-state index contributed by atoms with van der Waals surface area (Å²) >= 11 is 0. The Morgan fingerprint density at radius 3 is 2.74 bits per heavy atom. The van der Waals surface area contributed by atoms with Gasteiger partial charge in [-0.15, -0.1) is 0 Å². The predicted octanol–water partition coefficient (Wildman–Crippen LogP) is 2.38. The van der Waals surface area contributed by atoms with E-state index in [-0.39, 0.29) is 11.3 Å². The highest BCUT2D eigenvalue weighted by atomic mass is 16.5. The summed E-state index contributed by atoms with van der Waals surface area (Å²) in [6, 6.07) is 10.3. The van der Waals surface area contributed by atoms with Gasteiger partial charge in [0.25, 0.3) is 5.91 Å². The van der Waals surface area contributed by atoms with E-state index < -0.39 is 0 Å². The Labute approximate surface area is 180 Å². The number of carbonyl (C=O) groups is 2. The number of hydrogen-bond donors (Lipinski definition) is 0. The van der Waals surface area contributed by atoms with Crippen LogP contribution in [0, 0.1) is 17.3 Å². The molecule has 2 saturated heterocycles. The molecule has 7 nitrogen and oxygen atoms in total. The molecule has 0 radical (unpaired) electrons. The van der Waals surface area contributed by atoms with Gasteiger partial charge in [-0.1, -0.05) is 18.2 Å². The van der Waals surface area contributed by atoms with Crippen LogP contribution in [0.2, 0.25) is 0 Å². The molecule has 4 atom stereocenters. The van der Waals surface area contributed by atoms with Gasteiger partial charge >= 0.3 is 0 Å². The Hall–Kier alpha value is -2.67. The molecule has 5 aliphatic rings. The van der Waals surface area contributed by atoms with Gasteiger partial charge in [0, 0.05) is 31.2 Å². The number of benzene rings is 1. The SMILES string of the molecule is O=C(c1nn(-c2ccccc2)c2c1COC2)N1CC2C[C@@]2(C(=O)N2CC3CCC2C3)C1. The molecule has 0 N–H and O–H groups in total. The van der Waals surface area contributed by atoms with E-state index in [2.05, 4.69) is 4.90 Å². The Morgan fingerprint density at radius 2 is 1.97 bits per heavy atom. The Morgan fingerprint density at radius 1 is 1.10 bits per heavy atom. The van der Waals surface area contributed by atoms with Crippen molar-refractivity contribution in [2.24, 2.45) is 17.3 Å². The minimum atomic E-state index is -0.332. The molecule has 2 amide bonds. The maximum Gasteiger partial charge on any atom is 0.274 e. The topological polar surface area (TPSA) is 67.7 Å². The van der Waals surface area contributed by atoms with Crippen molar-refractivity contribution in [2.75, 3.05) is 19.6 Å². The normalized spacial score (nSPS) is 32.5. The van der Waals surface area contributed by atoms with Crippen molar-refractivity contribution in [3.63, 3.8) is 0 Å². The zero-order valence-electron chi connectivity index (χ0n) is 17.5. The molecular formula is C24H26N4O3. The summed E-state index contributed by atoms with van der Waals surface area (Å²) in [6.07, 6.45) is 4.54. The first-order valence-corrected chi connectivity index (χ1v) is 11.5. The standard InChI is InChI=1S/C24H26N4O3/c29-22(21-19-12-31-13-20(19)28(25-21)17-4-2-1-3-5-17)26-11-16-9-24(16,14-26)23(30)27-10-15-6-7-18(27)8-15/h1-5,15-16,18H,6-14H2/t15?,16?,18?,24-/m1/s1. The number of aromatic nitrogens is 2. The summed E-state index contributed by atoms with van der Waals surface area (Å²) in [5.74, 6) is 1.26. The predicted molar refractivity (Wildman–Crippen MR) is 111 cm³/mol. The number of hydrogen-bond acceptors (Lipinski definition) is 4. The minimum absolute atomic E-state index is 0.0567. The smallest absolute Gasteiger partial charge is 0.274 e. The van der Waals surface area contributed by atoms with Gasteiger partial charge in [-0.3, -0.25) is 9.59 Å². The third-order valence-corrected chi connectivity index (χ3v) is 8.31. The average molecular weight is 418 g/mol. The summed E-state index contributed by atoms with van der Waals surface area (Å²) < 4.78 is 7.50. The molecule has 160 valence electrons. The van der Waals surface area contributed by atoms with Crippen LogP contribution >= 0.6 is 0 Å². The van der Waals surface area contributed by atoms with Gasteiger partial charge in [-0.25, -0.2) is 4.68 Å². The maximum absolute atomic E-state index is 13.5. The number of amides is 2. The lowest BCUT2D eigenvalue weighted by molar-refractivity contribution is -0.138. The van der Waals surface area contributed by atoms with Gasteiger partial charge in [0.15, 0.2) is 5.69 Å². The first kappa shape index (κ1) is 18.0. The number of likely N-dealkylation sites (tertiary alicyclic amines) is 2. The molecule has 4 fully saturated rings. The largest absolute Gasteiger partial charge is 0.370 e. The molecular weight excluding hydrogens is 392 g/mol. The van der Waals surface area contributed by atoms with Crippen LogP contribution in [-0.2, 0) is 22.7 Å². The van der Waals surface area contributed by atoms with E-state index in [0.29, 0.717) is 55.8 Å². The fourth-order valence-corrected chi connectivity index (χ4v) is 6.57. The van der Waals surface area contributed by atoms with Gasteiger partial charge in [-0.05, 0) is 49.7 Å². The van der Waals surface area contributed by atoms with E-state index in [1.165, 1.54) is 12.8 Å². The van der Waals surface area contributed by atoms with E-state index in [4.69, 9.17) is 9.84 Å². The van der Waals surface area contributed by atoms with Crippen LogP contribution in [0.3, 0.4) is 0 Å². The van der Waals surface area contributed by atoms with Gasteiger partial charge in [0.05, 0.1) is 30.0 Å². The summed E-state index contributed by atoms with van der Waals surface area (Å²) in [7, 11) is 0. The fourth-order valence-electron chi connectivity index (χ4n) is 6.57. The summed E-state index contributed by atoms with van der Waals surface area (Å²) in [5.41, 5.74) is 2.94. The lowest BCUT2D eigenvalue weighted by Crippen LogP contribution is -2.45. The Balaban J connectivity index is 1.15. The van der Waals surface area contributed by atoms with Gasteiger partial charge in [-0.2, -0.15) is 5.10 Å². The van der Waals surface area contributed by atoms with Crippen molar-refractivity contribution in [1.82, 2.24) is 19.6 Å². The van der Waals surface area contributed by atoms with Crippen LogP contribution in [0.4, 0.5) is 0 Å². The highest BCUT2D eigenvalue weighted by Gasteiger charge is 2.67. The quantitative estimate of drug-likeness (QED) is 0.768. The van der Waals surface area contributed by atoms with E-state index >= 15 is 0 Å².